The zero-order valence-corrected chi connectivity index (χ0v) is 11.6. The van der Waals surface area contributed by atoms with E-state index in [4.69, 9.17) is 0 Å². The fourth-order valence-corrected chi connectivity index (χ4v) is 3.89. The first-order valence-corrected chi connectivity index (χ1v) is 7.99. The van der Waals surface area contributed by atoms with Gasteiger partial charge in [-0.15, -0.1) is 0 Å². The van der Waals surface area contributed by atoms with Gasteiger partial charge in [-0.3, -0.25) is 0 Å². The van der Waals surface area contributed by atoms with Gasteiger partial charge < -0.3 is 10.4 Å². The van der Waals surface area contributed by atoms with Crippen LogP contribution in [-0.2, 0) is 9.84 Å². The van der Waals surface area contributed by atoms with Crippen LogP contribution in [0.2, 0.25) is 0 Å². The first kappa shape index (κ1) is 14.4. The molecule has 0 spiro atoms. The second-order valence-corrected chi connectivity index (χ2v) is 7.01. The zero-order chi connectivity index (χ0) is 14.0. The largest absolute Gasteiger partial charge is 0.393 e. The molecule has 1 heterocycles. The minimum absolute atomic E-state index is 0.0674. The molecule has 2 rings (SSSR count). The molecule has 1 aromatic rings. The molecule has 0 fully saturated rings. The Morgan fingerprint density at radius 1 is 1.53 bits per heavy atom. The third-order valence-corrected chi connectivity index (χ3v) is 5.13. The normalized spacial score (nSPS) is 22.8. The molecule has 2 atom stereocenters. The quantitative estimate of drug-likeness (QED) is 0.822. The molecule has 0 amide bonds. The summed E-state index contributed by atoms with van der Waals surface area (Å²) in [6.07, 6.45) is 0.596. The van der Waals surface area contributed by atoms with E-state index in [0.29, 0.717) is 24.9 Å². The minimum Gasteiger partial charge on any atom is -0.393 e. The van der Waals surface area contributed by atoms with Crippen LogP contribution in [0.3, 0.4) is 0 Å². The Labute approximate surface area is 112 Å². The molecule has 0 saturated carbocycles. The Morgan fingerprint density at radius 3 is 2.95 bits per heavy atom. The second kappa shape index (κ2) is 5.56. The summed E-state index contributed by atoms with van der Waals surface area (Å²) >= 11 is 0. The molecule has 0 aliphatic carbocycles. The smallest absolute Gasteiger partial charge is 0.178 e. The van der Waals surface area contributed by atoms with Crippen LogP contribution in [0.4, 0.5) is 4.39 Å². The number of fused-ring (bicyclic) bond motifs is 1. The molecule has 0 radical (unpaired) electrons. The predicted molar refractivity (Wildman–Crippen MR) is 70.1 cm³/mol. The van der Waals surface area contributed by atoms with Crippen molar-refractivity contribution in [2.45, 2.75) is 36.8 Å². The molecule has 0 aromatic heterocycles. The third-order valence-electron chi connectivity index (χ3n) is 3.31. The summed E-state index contributed by atoms with van der Waals surface area (Å²) in [5.41, 5.74) is 0.497. The van der Waals surface area contributed by atoms with E-state index < -0.39 is 21.8 Å². The molecule has 19 heavy (non-hydrogen) atoms. The minimum atomic E-state index is -3.29. The molecule has 6 heteroatoms. The molecule has 1 aliphatic rings. The highest BCUT2D eigenvalue weighted by atomic mass is 32.2. The Hall–Kier alpha value is -0.980. The first-order chi connectivity index (χ1) is 8.90. The molecule has 0 saturated heterocycles. The van der Waals surface area contributed by atoms with Crippen molar-refractivity contribution in [3.63, 3.8) is 0 Å². The van der Waals surface area contributed by atoms with Gasteiger partial charge in [0.25, 0.3) is 0 Å². The molecule has 1 aromatic carbocycles. The van der Waals surface area contributed by atoms with E-state index in [1.165, 1.54) is 18.2 Å². The maximum absolute atomic E-state index is 13.3. The lowest BCUT2D eigenvalue weighted by molar-refractivity contribution is 0.182. The summed E-state index contributed by atoms with van der Waals surface area (Å²) < 4.78 is 37.2. The molecular formula is C13H18FNO3S. The number of nitrogens with one attached hydrogen (secondary N) is 1. The fraction of sp³-hybridized carbons (Fsp3) is 0.538. The van der Waals surface area contributed by atoms with Crippen molar-refractivity contribution in [2.24, 2.45) is 0 Å². The molecule has 2 unspecified atom stereocenters. The van der Waals surface area contributed by atoms with Crippen LogP contribution in [0.5, 0.6) is 0 Å². The van der Waals surface area contributed by atoms with Crippen molar-refractivity contribution in [3.8, 4) is 0 Å². The van der Waals surface area contributed by atoms with Gasteiger partial charge in [-0.1, -0.05) is 0 Å². The summed E-state index contributed by atoms with van der Waals surface area (Å²) in [7, 11) is -3.29. The third kappa shape index (κ3) is 3.32. The van der Waals surface area contributed by atoms with E-state index in [1.807, 2.05) is 0 Å². The van der Waals surface area contributed by atoms with E-state index in [1.54, 1.807) is 6.92 Å². The van der Waals surface area contributed by atoms with Gasteiger partial charge in [0, 0.05) is 6.04 Å². The highest BCUT2D eigenvalue weighted by Gasteiger charge is 2.30. The summed E-state index contributed by atoms with van der Waals surface area (Å²) in [6, 6.07) is 3.62. The van der Waals surface area contributed by atoms with Gasteiger partial charge in [0.1, 0.15) is 5.82 Å². The lowest BCUT2D eigenvalue weighted by atomic mass is 10.0. The van der Waals surface area contributed by atoms with Crippen LogP contribution >= 0.6 is 0 Å². The number of aliphatic hydroxyl groups is 1. The van der Waals surface area contributed by atoms with E-state index in [-0.39, 0.29) is 16.7 Å². The van der Waals surface area contributed by atoms with Crippen LogP contribution in [0.1, 0.15) is 31.4 Å². The van der Waals surface area contributed by atoms with Crippen molar-refractivity contribution < 1.29 is 17.9 Å². The van der Waals surface area contributed by atoms with Crippen molar-refractivity contribution in [1.29, 1.82) is 0 Å². The highest BCUT2D eigenvalue weighted by molar-refractivity contribution is 7.91. The van der Waals surface area contributed by atoms with E-state index in [0.717, 1.165) is 0 Å². The molecule has 0 bridgehead atoms. The lowest BCUT2D eigenvalue weighted by Gasteiger charge is -2.26. The van der Waals surface area contributed by atoms with Crippen LogP contribution in [0.25, 0.3) is 0 Å². The maximum atomic E-state index is 13.3. The van der Waals surface area contributed by atoms with Crippen molar-refractivity contribution in [3.05, 3.63) is 29.6 Å². The number of halogens is 1. The van der Waals surface area contributed by atoms with Gasteiger partial charge in [0.15, 0.2) is 9.84 Å². The predicted octanol–water partition coefficient (Wildman–Crippen LogP) is 1.40. The van der Waals surface area contributed by atoms with E-state index in [9.17, 15) is 17.9 Å². The van der Waals surface area contributed by atoms with Gasteiger partial charge in [0.2, 0.25) is 0 Å². The SMILES string of the molecule is CC(O)CCNC1CCS(=O)(=O)c2ccc(F)cc21. The van der Waals surface area contributed by atoms with Crippen LogP contribution in [-0.4, -0.2) is 31.9 Å². The van der Waals surface area contributed by atoms with Gasteiger partial charge >= 0.3 is 0 Å². The van der Waals surface area contributed by atoms with E-state index in [2.05, 4.69) is 5.32 Å². The van der Waals surface area contributed by atoms with Crippen LogP contribution in [0, 0.1) is 5.82 Å². The number of aliphatic hydroxyl groups excluding tert-OH is 1. The van der Waals surface area contributed by atoms with Crippen molar-refractivity contribution in [1.82, 2.24) is 5.32 Å². The topological polar surface area (TPSA) is 66.4 Å². The second-order valence-electron chi connectivity index (χ2n) is 4.93. The summed E-state index contributed by atoms with van der Waals surface area (Å²) in [5, 5.41) is 12.4. The Kier molecular flexibility index (Phi) is 4.23. The average Bonchev–Trinajstić information content (AvgIpc) is 2.31. The molecule has 4 nitrogen and oxygen atoms in total. The Morgan fingerprint density at radius 2 is 2.26 bits per heavy atom. The summed E-state index contributed by atoms with van der Waals surface area (Å²) in [6.45, 7) is 2.26. The summed E-state index contributed by atoms with van der Waals surface area (Å²) in [5.74, 6) is -0.365. The Bertz CT molecular complexity index is 557. The number of sulfone groups is 1. The van der Waals surface area contributed by atoms with Crippen LogP contribution < -0.4 is 5.32 Å². The first-order valence-electron chi connectivity index (χ1n) is 6.34. The summed E-state index contributed by atoms with van der Waals surface area (Å²) in [4.78, 5) is 0.217. The van der Waals surface area contributed by atoms with Crippen LogP contribution in [0.15, 0.2) is 23.1 Å². The van der Waals surface area contributed by atoms with Gasteiger partial charge in [0.05, 0.1) is 16.8 Å². The van der Waals surface area contributed by atoms with Crippen molar-refractivity contribution >= 4 is 9.84 Å². The zero-order valence-electron chi connectivity index (χ0n) is 10.8. The monoisotopic (exact) mass is 287 g/mol. The fourth-order valence-electron chi connectivity index (χ4n) is 2.29. The lowest BCUT2D eigenvalue weighted by Crippen LogP contribution is -2.31. The van der Waals surface area contributed by atoms with Gasteiger partial charge in [-0.25, -0.2) is 12.8 Å². The van der Waals surface area contributed by atoms with Gasteiger partial charge in [-0.05, 0) is 50.1 Å². The standard InChI is InChI=1S/C13H18FNO3S/c1-9(16)4-6-15-12-5-7-19(17,18)13-3-2-10(14)8-11(12)13/h2-3,8-9,12,15-16H,4-7H2,1H3. The number of benzene rings is 1. The van der Waals surface area contributed by atoms with Gasteiger partial charge in [-0.2, -0.15) is 0 Å². The number of hydrogen-bond acceptors (Lipinski definition) is 4. The van der Waals surface area contributed by atoms with Crippen molar-refractivity contribution in [2.75, 3.05) is 12.3 Å². The maximum Gasteiger partial charge on any atom is 0.178 e. The Balaban J connectivity index is 2.23. The highest BCUT2D eigenvalue weighted by Crippen LogP contribution is 2.32. The molecule has 106 valence electrons. The molecular weight excluding hydrogens is 269 g/mol. The average molecular weight is 287 g/mol. The van der Waals surface area contributed by atoms with E-state index >= 15 is 0 Å². The molecule has 1 aliphatic heterocycles. The molecule has 2 N–H and O–H groups in total. The number of rotatable bonds is 4. The number of hydrogen-bond donors (Lipinski definition) is 2.